The number of anilines is 2. The topological polar surface area (TPSA) is 93.0 Å². The van der Waals surface area contributed by atoms with Gasteiger partial charge in [-0.3, -0.25) is 19.1 Å². The Hall–Kier alpha value is -3.91. The standard InChI is InChI=1S/C34H40N6O2/c1-4-24-9-11-25(12-10-24)21-39-17-15-26(16-18-39)27-13-14-30(35-19-27)37-34-36-20-29-22(2)31(23(3)41)33(42)40(32(29)38-34)28-7-5-6-8-28/h9-14,19-20,26,28H,4-8,15-18,21H2,1-3H3,(H,35,36,37,38). The van der Waals surface area contributed by atoms with Crippen LogP contribution in [-0.2, 0) is 13.0 Å². The molecule has 4 heterocycles. The van der Waals surface area contributed by atoms with Crippen molar-refractivity contribution in [3.8, 4) is 0 Å². The molecule has 8 nitrogen and oxygen atoms in total. The smallest absolute Gasteiger partial charge is 0.263 e. The number of nitrogens with one attached hydrogen (secondary N) is 1. The molecule has 0 spiro atoms. The van der Waals surface area contributed by atoms with E-state index in [0.29, 0.717) is 28.9 Å². The molecule has 0 bridgehead atoms. The second kappa shape index (κ2) is 12.1. The highest BCUT2D eigenvalue weighted by Gasteiger charge is 2.26. The molecule has 1 saturated heterocycles. The third-order valence-corrected chi connectivity index (χ3v) is 9.17. The van der Waals surface area contributed by atoms with Crippen molar-refractivity contribution in [2.24, 2.45) is 0 Å². The molecule has 1 aromatic carbocycles. The van der Waals surface area contributed by atoms with Gasteiger partial charge in [0.1, 0.15) is 11.5 Å². The van der Waals surface area contributed by atoms with Crippen LogP contribution in [0.4, 0.5) is 11.8 Å². The summed E-state index contributed by atoms with van der Waals surface area (Å²) in [6.07, 6.45) is 11.0. The Morgan fingerprint density at radius 1 is 0.952 bits per heavy atom. The summed E-state index contributed by atoms with van der Waals surface area (Å²) in [4.78, 5) is 42.4. The molecule has 1 N–H and O–H groups in total. The Morgan fingerprint density at radius 3 is 2.31 bits per heavy atom. The molecule has 2 aliphatic rings. The van der Waals surface area contributed by atoms with Crippen molar-refractivity contribution >= 4 is 28.6 Å². The first-order valence-corrected chi connectivity index (χ1v) is 15.4. The van der Waals surface area contributed by atoms with Gasteiger partial charge in [-0.2, -0.15) is 4.98 Å². The third kappa shape index (κ3) is 5.73. The number of aromatic nitrogens is 4. The van der Waals surface area contributed by atoms with Crippen LogP contribution in [0, 0.1) is 6.92 Å². The van der Waals surface area contributed by atoms with Gasteiger partial charge < -0.3 is 5.32 Å². The number of carbonyl (C=O) groups is 1. The molecular weight excluding hydrogens is 524 g/mol. The lowest BCUT2D eigenvalue weighted by atomic mass is 9.90. The number of hydrogen-bond donors (Lipinski definition) is 1. The lowest BCUT2D eigenvalue weighted by molar-refractivity contribution is 0.101. The summed E-state index contributed by atoms with van der Waals surface area (Å²) >= 11 is 0. The third-order valence-electron chi connectivity index (χ3n) is 9.17. The minimum atomic E-state index is -0.244. The predicted octanol–water partition coefficient (Wildman–Crippen LogP) is 6.50. The van der Waals surface area contributed by atoms with E-state index in [1.807, 2.05) is 19.2 Å². The molecule has 8 heteroatoms. The van der Waals surface area contributed by atoms with E-state index < -0.39 is 0 Å². The van der Waals surface area contributed by atoms with Crippen LogP contribution in [0.15, 0.2) is 53.6 Å². The SMILES string of the molecule is CCc1ccc(CN2CCC(c3ccc(Nc4ncc5c(C)c(C(C)=O)c(=O)n(C6CCCC6)c5n4)nc3)CC2)cc1. The van der Waals surface area contributed by atoms with Gasteiger partial charge >= 0.3 is 0 Å². The van der Waals surface area contributed by atoms with Crippen molar-refractivity contribution < 1.29 is 4.79 Å². The lowest BCUT2D eigenvalue weighted by Crippen LogP contribution is -2.32. The maximum atomic E-state index is 13.5. The summed E-state index contributed by atoms with van der Waals surface area (Å²) in [5.41, 5.74) is 5.25. The van der Waals surface area contributed by atoms with Gasteiger partial charge in [0.05, 0.1) is 5.56 Å². The Morgan fingerprint density at radius 2 is 1.67 bits per heavy atom. The number of nitrogens with zero attached hydrogens (tertiary/aromatic N) is 5. The van der Waals surface area contributed by atoms with Gasteiger partial charge in [0.2, 0.25) is 5.95 Å². The number of ketones is 1. The summed E-state index contributed by atoms with van der Waals surface area (Å²) in [6, 6.07) is 13.2. The van der Waals surface area contributed by atoms with Crippen LogP contribution in [0.3, 0.4) is 0 Å². The highest BCUT2D eigenvalue weighted by molar-refractivity contribution is 5.99. The fourth-order valence-electron chi connectivity index (χ4n) is 6.71. The van der Waals surface area contributed by atoms with Crippen LogP contribution < -0.4 is 10.9 Å². The van der Waals surface area contributed by atoms with Crippen molar-refractivity contribution in [3.63, 3.8) is 0 Å². The maximum absolute atomic E-state index is 13.5. The molecule has 4 aromatic rings. The van der Waals surface area contributed by atoms with Crippen molar-refractivity contribution in [2.45, 2.75) is 84.2 Å². The van der Waals surface area contributed by atoms with Crippen molar-refractivity contribution in [3.05, 3.63) is 87.0 Å². The van der Waals surface area contributed by atoms with E-state index in [2.05, 4.69) is 57.4 Å². The minimum absolute atomic E-state index is 0.0480. The molecule has 0 unspecified atom stereocenters. The molecule has 1 saturated carbocycles. The van der Waals surface area contributed by atoms with Crippen LogP contribution in [-0.4, -0.2) is 43.3 Å². The number of rotatable bonds is 8. The quantitative estimate of drug-likeness (QED) is 0.244. The van der Waals surface area contributed by atoms with E-state index in [0.717, 1.165) is 70.0 Å². The number of piperidine rings is 1. The number of hydrogen-bond acceptors (Lipinski definition) is 7. The van der Waals surface area contributed by atoms with Crippen LogP contribution in [0.1, 0.15) is 96.9 Å². The molecule has 0 amide bonds. The van der Waals surface area contributed by atoms with Gasteiger partial charge in [-0.1, -0.05) is 50.1 Å². The molecule has 42 heavy (non-hydrogen) atoms. The Bertz CT molecular complexity index is 1630. The highest BCUT2D eigenvalue weighted by Crippen LogP contribution is 2.32. The molecule has 1 aliphatic heterocycles. The van der Waals surface area contributed by atoms with Gasteiger partial charge in [0.15, 0.2) is 5.78 Å². The summed E-state index contributed by atoms with van der Waals surface area (Å²) in [5, 5.41) is 3.98. The predicted molar refractivity (Wildman–Crippen MR) is 167 cm³/mol. The zero-order chi connectivity index (χ0) is 29.2. The summed E-state index contributed by atoms with van der Waals surface area (Å²) < 4.78 is 1.74. The van der Waals surface area contributed by atoms with E-state index in [1.165, 1.54) is 23.6 Å². The van der Waals surface area contributed by atoms with Crippen molar-refractivity contribution in [2.75, 3.05) is 18.4 Å². The van der Waals surface area contributed by atoms with E-state index in [1.54, 1.807) is 10.8 Å². The lowest BCUT2D eigenvalue weighted by Gasteiger charge is -2.32. The van der Waals surface area contributed by atoms with Crippen LogP contribution in [0.5, 0.6) is 0 Å². The average Bonchev–Trinajstić information content (AvgIpc) is 3.53. The van der Waals surface area contributed by atoms with E-state index in [9.17, 15) is 9.59 Å². The number of Topliss-reactive ketones (excluding diaryl/α,β-unsaturated/α-hetero) is 1. The number of fused-ring (bicyclic) bond motifs is 1. The molecule has 3 aromatic heterocycles. The summed E-state index contributed by atoms with van der Waals surface area (Å²) in [5.74, 6) is 1.34. The van der Waals surface area contributed by atoms with Gasteiger partial charge in [-0.05, 0) is 93.3 Å². The highest BCUT2D eigenvalue weighted by atomic mass is 16.1. The van der Waals surface area contributed by atoms with Gasteiger partial charge in [-0.15, -0.1) is 0 Å². The van der Waals surface area contributed by atoms with Gasteiger partial charge in [0.25, 0.3) is 5.56 Å². The average molecular weight is 565 g/mol. The fourth-order valence-corrected chi connectivity index (χ4v) is 6.71. The number of carbonyl (C=O) groups excluding carboxylic acids is 1. The number of likely N-dealkylation sites (tertiary alicyclic amines) is 1. The van der Waals surface area contributed by atoms with Gasteiger partial charge in [0, 0.05) is 30.4 Å². The van der Waals surface area contributed by atoms with E-state index in [4.69, 9.17) is 4.98 Å². The largest absolute Gasteiger partial charge is 0.309 e. The second-order valence-corrected chi connectivity index (χ2v) is 11.9. The first-order chi connectivity index (χ1) is 20.4. The van der Waals surface area contributed by atoms with E-state index >= 15 is 0 Å². The van der Waals surface area contributed by atoms with Crippen LogP contribution in [0.2, 0.25) is 0 Å². The summed E-state index contributed by atoms with van der Waals surface area (Å²) in [6.45, 7) is 8.63. The second-order valence-electron chi connectivity index (χ2n) is 11.9. The Balaban J connectivity index is 1.15. The first kappa shape index (κ1) is 28.2. The zero-order valence-corrected chi connectivity index (χ0v) is 24.9. The molecule has 1 aliphatic carbocycles. The number of pyridine rings is 2. The molecule has 2 fully saturated rings. The van der Waals surface area contributed by atoms with Crippen molar-refractivity contribution in [1.29, 1.82) is 0 Å². The normalized spacial score (nSPS) is 16.7. The summed E-state index contributed by atoms with van der Waals surface area (Å²) in [7, 11) is 0. The molecule has 218 valence electrons. The Kier molecular flexibility index (Phi) is 8.16. The minimum Gasteiger partial charge on any atom is -0.309 e. The molecule has 0 atom stereocenters. The molecule has 6 rings (SSSR count). The monoisotopic (exact) mass is 564 g/mol. The van der Waals surface area contributed by atoms with Crippen LogP contribution >= 0.6 is 0 Å². The Labute approximate surface area is 247 Å². The maximum Gasteiger partial charge on any atom is 0.263 e. The number of aryl methyl sites for hydroxylation is 2. The fraction of sp³-hybridized carbons (Fsp3) is 0.441. The first-order valence-electron chi connectivity index (χ1n) is 15.4. The molecule has 0 radical (unpaired) electrons. The zero-order valence-electron chi connectivity index (χ0n) is 24.9. The number of benzene rings is 1. The molecular formula is C34H40N6O2. The van der Waals surface area contributed by atoms with Gasteiger partial charge in [-0.25, -0.2) is 9.97 Å². The van der Waals surface area contributed by atoms with Crippen LogP contribution in [0.25, 0.3) is 11.0 Å². The van der Waals surface area contributed by atoms with E-state index in [-0.39, 0.29) is 22.9 Å². The van der Waals surface area contributed by atoms with Crippen molar-refractivity contribution in [1.82, 2.24) is 24.4 Å².